The Morgan fingerprint density at radius 2 is 1.95 bits per heavy atom. The van der Waals surface area contributed by atoms with Crippen LogP contribution in [0.3, 0.4) is 0 Å². The summed E-state index contributed by atoms with van der Waals surface area (Å²) in [6.07, 6.45) is 8.14. The molecule has 0 bridgehead atoms. The van der Waals surface area contributed by atoms with Gasteiger partial charge in [-0.05, 0) is 32.6 Å². The van der Waals surface area contributed by atoms with Gasteiger partial charge in [0.25, 0.3) is 0 Å². The fraction of sp³-hybridized carbons (Fsp3) is 0.765. The van der Waals surface area contributed by atoms with Gasteiger partial charge < -0.3 is 15.8 Å². The quantitative estimate of drug-likeness (QED) is 0.793. The molecule has 1 saturated carbocycles. The van der Waals surface area contributed by atoms with Gasteiger partial charge in [0.15, 0.2) is 5.82 Å². The fourth-order valence-corrected chi connectivity index (χ4v) is 2.76. The molecule has 0 saturated heterocycles. The summed E-state index contributed by atoms with van der Waals surface area (Å²) >= 11 is 0. The van der Waals surface area contributed by atoms with Gasteiger partial charge in [-0.3, -0.25) is 0 Å². The van der Waals surface area contributed by atoms with Crippen LogP contribution in [-0.4, -0.2) is 22.6 Å². The van der Waals surface area contributed by atoms with Crippen LogP contribution in [0, 0.1) is 0 Å². The van der Waals surface area contributed by atoms with E-state index in [0.717, 1.165) is 24.5 Å². The summed E-state index contributed by atoms with van der Waals surface area (Å²) < 4.78 is 5.76. The first-order valence-corrected chi connectivity index (χ1v) is 8.72. The third-order valence-corrected chi connectivity index (χ3v) is 4.34. The van der Waals surface area contributed by atoms with Gasteiger partial charge in [0, 0.05) is 12.0 Å². The first kappa shape index (κ1) is 16.8. The Hall–Kier alpha value is -1.52. The van der Waals surface area contributed by atoms with Crippen molar-refractivity contribution in [1.29, 1.82) is 0 Å². The van der Waals surface area contributed by atoms with E-state index < -0.39 is 0 Å². The van der Waals surface area contributed by atoms with Crippen molar-refractivity contribution in [3.8, 4) is 5.88 Å². The molecule has 1 unspecified atom stereocenters. The Labute approximate surface area is 134 Å². The first-order valence-electron chi connectivity index (χ1n) is 8.72. The number of hydrogen-bond donors (Lipinski definition) is 2. The van der Waals surface area contributed by atoms with Crippen molar-refractivity contribution in [3.05, 3.63) is 5.82 Å². The van der Waals surface area contributed by atoms with Crippen LogP contribution in [0.1, 0.15) is 77.5 Å². The van der Waals surface area contributed by atoms with E-state index in [1.807, 2.05) is 0 Å². The molecule has 0 radical (unpaired) electrons. The number of ether oxygens (including phenoxy) is 1. The third-order valence-electron chi connectivity index (χ3n) is 4.34. The molecular formula is C17H30N4O. The minimum atomic E-state index is 0.329. The number of anilines is 2. The smallest absolute Gasteiger partial charge is 0.242 e. The molecule has 0 spiro atoms. The molecule has 1 aromatic rings. The third kappa shape index (κ3) is 4.24. The molecule has 1 heterocycles. The van der Waals surface area contributed by atoms with E-state index >= 15 is 0 Å². The van der Waals surface area contributed by atoms with Gasteiger partial charge in [0.2, 0.25) is 5.88 Å². The lowest BCUT2D eigenvalue weighted by Crippen LogP contribution is -2.19. The Morgan fingerprint density at radius 1 is 1.23 bits per heavy atom. The minimum Gasteiger partial charge on any atom is -0.476 e. The van der Waals surface area contributed by atoms with Crippen molar-refractivity contribution in [1.82, 2.24) is 9.97 Å². The van der Waals surface area contributed by atoms with Gasteiger partial charge in [-0.2, -0.15) is 4.98 Å². The van der Waals surface area contributed by atoms with Crippen LogP contribution < -0.4 is 15.8 Å². The number of nitrogens with one attached hydrogen (secondary N) is 1. The van der Waals surface area contributed by atoms with Crippen molar-refractivity contribution in [2.24, 2.45) is 0 Å². The summed E-state index contributed by atoms with van der Waals surface area (Å²) in [5, 5.41) is 3.40. The van der Waals surface area contributed by atoms with Gasteiger partial charge >= 0.3 is 0 Å². The van der Waals surface area contributed by atoms with Crippen molar-refractivity contribution >= 4 is 11.5 Å². The van der Waals surface area contributed by atoms with Crippen LogP contribution in [0.5, 0.6) is 5.88 Å². The molecule has 1 aromatic heterocycles. The highest BCUT2D eigenvalue weighted by Crippen LogP contribution is 2.35. The molecule has 22 heavy (non-hydrogen) atoms. The molecule has 2 rings (SSSR count). The predicted molar refractivity (Wildman–Crippen MR) is 91.4 cm³/mol. The molecule has 3 N–H and O–H groups in total. The molecule has 5 heteroatoms. The SMILES string of the molecule is CCCOc1nc(C2CCCCC2)nc(NC(C)CC)c1N. The first-order chi connectivity index (χ1) is 10.7. The number of aromatic nitrogens is 2. The molecule has 1 atom stereocenters. The number of rotatable bonds is 7. The molecule has 5 nitrogen and oxygen atoms in total. The van der Waals surface area contributed by atoms with Gasteiger partial charge in [-0.25, -0.2) is 4.98 Å². The van der Waals surface area contributed by atoms with Crippen molar-refractivity contribution < 1.29 is 4.74 Å². The van der Waals surface area contributed by atoms with Crippen LogP contribution in [0.15, 0.2) is 0 Å². The van der Waals surface area contributed by atoms with Crippen molar-refractivity contribution in [2.75, 3.05) is 17.7 Å². The van der Waals surface area contributed by atoms with E-state index in [1.54, 1.807) is 0 Å². The molecular weight excluding hydrogens is 276 g/mol. The van der Waals surface area contributed by atoms with E-state index in [1.165, 1.54) is 32.1 Å². The Morgan fingerprint density at radius 3 is 2.59 bits per heavy atom. The van der Waals surface area contributed by atoms with E-state index in [9.17, 15) is 0 Å². The average molecular weight is 306 g/mol. The van der Waals surface area contributed by atoms with Crippen molar-refractivity contribution in [2.45, 2.75) is 77.7 Å². The molecule has 0 amide bonds. The Balaban J connectivity index is 2.29. The average Bonchev–Trinajstić information content (AvgIpc) is 2.56. The summed E-state index contributed by atoms with van der Waals surface area (Å²) in [5.41, 5.74) is 6.75. The highest BCUT2D eigenvalue weighted by molar-refractivity contribution is 5.67. The minimum absolute atomic E-state index is 0.329. The van der Waals surface area contributed by atoms with Crippen molar-refractivity contribution in [3.63, 3.8) is 0 Å². The number of nitrogen functional groups attached to an aromatic ring is 1. The predicted octanol–water partition coefficient (Wildman–Crippen LogP) is 4.11. The van der Waals surface area contributed by atoms with E-state index in [4.69, 9.17) is 15.5 Å². The van der Waals surface area contributed by atoms with Crippen LogP contribution in [0.4, 0.5) is 11.5 Å². The highest BCUT2D eigenvalue weighted by Gasteiger charge is 2.22. The molecule has 1 aliphatic rings. The van der Waals surface area contributed by atoms with Crippen LogP contribution in [0.2, 0.25) is 0 Å². The monoisotopic (exact) mass is 306 g/mol. The van der Waals surface area contributed by atoms with Crippen LogP contribution >= 0.6 is 0 Å². The number of nitrogens with zero attached hydrogens (tertiary/aromatic N) is 2. The summed E-state index contributed by atoms with van der Waals surface area (Å²) in [7, 11) is 0. The summed E-state index contributed by atoms with van der Waals surface area (Å²) in [6, 6.07) is 0.329. The maximum absolute atomic E-state index is 6.21. The van der Waals surface area contributed by atoms with Gasteiger partial charge in [-0.15, -0.1) is 0 Å². The summed E-state index contributed by atoms with van der Waals surface area (Å²) in [5.74, 6) is 2.61. The summed E-state index contributed by atoms with van der Waals surface area (Å²) in [4.78, 5) is 9.35. The zero-order valence-electron chi connectivity index (χ0n) is 14.2. The lowest BCUT2D eigenvalue weighted by atomic mass is 9.88. The number of hydrogen-bond acceptors (Lipinski definition) is 5. The zero-order valence-corrected chi connectivity index (χ0v) is 14.2. The van der Waals surface area contributed by atoms with Gasteiger partial charge in [-0.1, -0.05) is 33.1 Å². The molecule has 1 fully saturated rings. The lowest BCUT2D eigenvalue weighted by Gasteiger charge is -2.23. The highest BCUT2D eigenvalue weighted by atomic mass is 16.5. The molecule has 1 aliphatic carbocycles. The largest absolute Gasteiger partial charge is 0.476 e. The topological polar surface area (TPSA) is 73.1 Å². The maximum Gasteiger partial charge on any atom is 0.242 e. The fourth-order valence-electron chi connectivity index (χ4n) is 2.76. The van der Waals surface area contributed by atoms with E-state index in [0.29, 0.717) is 30.1 Å². The lowest BCUT2D eigenvalue weighted by molar-refractivity contribution is 0.303. The summed E-state index contributed by atoms with van der Waals surface area (Å²) in [6.45, 7) is 6.99. The van der Waals surface area contributed by atoms with Gasteiger partial charge in [0.05, 0.1) is 6.61 Å². The van der Waals surface area contributed by atoms with Crippen LogP contribution in [0.25, 0.3) is 0 Å². The Bertz CT molecular complexity index is 472. The maximum atomic E-state index is 6.21. The second kappa shape index (κ2) is 8.20. The van der Waals surface area contributed by atoms with Crippen LogP contribution in [-0.2, 0) is 0 Å². The second-order valence-corrected chi connectivity index (χ2v) is 6.29. The number of nitrogens with two attached hydrogens (primary N) is 1. The zero-order chi connectivity index (χ0) is 15.9. The van der Waals surface area contributed by atoms with E-state index in [-0.39, 0.29) is 0 Å². The Kier molecular flexibility index (Phi) is 6.28. The second-order valence-electron chi connectivity index (χ2n) is 6.29. The normalized spacial score (nSPS) is 17.2. The molecule has 0 aromatic carbocycles. The van der Waals surface area contributed by atoms with Gasteiger partial charge in [0.1, 0.15) is 11.5 Å². The van der Waals surface area contributed by atoms with E-state index in [2.05, 4.69) is 31.1 Å². The molecule has 0 aliphatic heterocycles. The standard InChI is InChI=1S/C17H30N4O/c1-4-11-22-17-14(18)16(19-12(3)5-2)20-15(21-17)13-9-7-6-8-10-13/h12-13H,4-11,18H2,1-3H3,(H,19,20,21). The molecule has 124 valence electrons.